The van der Waals surface area contributed by atoms with Gasteiger partial charge in [0.1, 0.15) is 11.4 Å². The lowest BCUT2D eigenvalue weighted by atomic mass is 10.1. The molecule has 4 N–H and O–H groups in total. The van der Waals surface area contributed by atoms with Crippen LogP contribution in [0, 0.1) is 0 Å². The first kappa shape index (κ1) is 11.0. The maximum Gasteiger partial charge on any atom is 0.256 e. The van der Waals surface area contributed by atoms with Gasteiger partial charge in [-0.2, -0.15) is 5.10 Å². The average molecular weight is 222 g/mol. The van der Waals surface area contributed by atoms with Crippen molar-refractivity contribution in [1.29, 1.82) is 0 Å². The number of carbonyl (C=O) groups is 1. The second-order valence-corrected chi connectivity index (χ2v) is 4.36. The minimum absolute atomic E-state index is 0.113. The SMILES string of the molecule is Nc1[nH]ncc1C(=O)NC1CCCCCC1. The molecule has 0 bridgehead atoms. The van der Waals surface area contributed by atoms with Crippen LogP contribution in [0.4, 0.5) is 5.82 Å². The number of nitrogens with one attached hydrogen (secondary N) is 2. The standard InChI is InChI=1S/C11H18N4O/c12-10-9(7-13-15-10)11(16)14-8-5-3-1-2-4-6-8/h7-8H,1-6H2,(H,14,16)(H3,12,13,15). The van der Waals surface area contributed by atoms with Crippen molar-refractivity contribution in [3.63, 3.8) is 0 Å². The zero-order chi connectivity index (χ0) is 11.4. The lowest BCUT2D eigenvalue weighted by molar-refractivity contribution is 0.0934. The number of aromatic amines is 1. The first-order valence-corrected chi connectivity index (χ1v) is 5.87. The van der Waals surface area contributed by atoms with Crippen molar-refractivity contribution in [1.82, 2.24) is 15.5 Å². The highest BCUT2D eigenvalue weighted by Gasteiger charge is 2.17. The normalized spacial score (nSPS) is 18.0. The predicted molar refractivity (Wildman–Crippen MR) is 62.0 cm³/mol. The van der Waals surface area contributed by atoms with Crippen molar-refractivity contribution < 1.29 is 4.79 Å². The third-order valence-corrected chi connectivity index (χ3v) is 3.10. The number of anilines is 1. The molecule has 0 radical (unpaired) electrons. The van der Waals surface area contributed by atoms with Gasteiger partial charge in [-0.25, -0.2) is 0 Å². The van der Waals surface area contributed by atoms with Gasteiger partial charge in [0.2, 0.25) is 0 Å². The van der Waals surface area contributed by atoms with Gasteiger partial charge in [0, 0.05) is 6.04 Å². The Hall–Kier alpha value is -1.52. The Balaban J connectivity index is 1.93. The summed E-state index contributed by atoms with van der Waals surface area (Å²) in [7, 11) is 0. The Bertz CT molecular complexity index is 353. The van der Waals surface area contributed by atoms with E-state index in [0.29, 0.717) is 17.4 Å². The molecule has 1 aliphatic rings. The molecule has 1 aliphatic carbocycles. The number of hydrogen-bond donors (Lipinski definition) is 3. The second-order valence-electron chi connectivity index (χ2n) is 4.36. The molecule has 0 aliphatic heterocycles. The third kappa shape index (κ3) is 2.53. The quantitative estimate of drug-likeness (QED) is 0.662. The Labute approximate surface area is 94.8 Å². The number of H-pyrrole nitrogens is 1. The molecule has 0 aromatic carbocycles. The lowest BCUT2D eigenvalue weighted by Gasteiger charge is -2.15. The van der Waals surface area contributed by atoms with E-state index < -0.39 is 0 Å². The van der Waals surface area contributed by atoms with Crippen LogP contribution in [0.15, 0.2) is 6.20 Å². The van der Waals surface area contributed by atoms with Crippen LogP contribution >= 0.6 is 0 Å². The number of carbonyl (C=O) groups excluding carboxylic acids is 1. The highest BCUT2D eigenvalue weighted by atomic mass is 16.1. The van der Waals surface area contributed by atoms with Gasteiger partial charge in [0.25, 0.3) is 5.91 Å². The molecule has 5 heteroatoms. The first-order valence-electron chi connectivity index (χ1n) is 5.87. The summed E-state index contributed by atoms with van der Waals surface area (Å²) < 4.78 is 0. The number of aromatic nitrogens is 2. The number of nitrogens with zero attached hydrogens (tertiary/aromatic N) is 1. The summed E-state index contributed by atoms with van der Waals surface area (Å²) in [5.41, 5.74) is 6.05. The molecule has 0 saturated heterocycles. The van der Waals surface area contributed by atoms with Crippen molar-refractivity contribution >= 4 is 11.7 Å². The maximum atomic E-state index is 11.9. The molecule has 0 spiro atoms. The van der Waals surface area contributed by atoms with Crippen LogP contribution in [0.2, 0.25) is 0 Å². The molecule has 88 valence electrons. The minimum atomic E-state index is -0.113. The Morgan fingerprint density at radius 1 is 1.38 bits per heavy atom. The van der Waals surface area contributed by atoms with Gasteiger partial charge in [-0.05, 0) is 12.8 Å². The molecule has 16 heavy (non-hydrogen) atoms. The van der Waals surface area contributed by atoms with E-state index in [4.69, 9.17) is 5.73 Å². The summed E-state index contributed by atoms with van der Waals surface area (Å²) in [6.45, 7) is 0. The molecule has 1 amide bonds. The second kappa shape index (κ2) is 5.01. The number of rotatable bonds is 2. The van der Waals surface area contributed by atoms with Crippen LogP contribution in [0.25, 0.3) is 0 Å². The van der Waals surface area contributed by atoms with Gasteiger partial charge in [-0.3, -0.25) is 9.89 Å². The molecule has 5 nitrogen and oxygen atoms in total. The maximum absolute atomic E-state index is 11.9. The highest BCUT2D eigenvalue weighted by Crippen LogP contribution is 2.18. The zero-order valence-corrected chi connectivity index (χ0v) is 9.33. The zero-order valence-electron chi connectivity index (χ0n) is 9.33. The van der Waals surface area contributed by atoms with E-state index in [-0.39, 0.29) is 5.91 Å². The Morgan fingerprint density at radius 3 is 2.62 bits per heavy atom. The molecule has 1 heterocycles. The van der Waals surface area contributed by atoms with E-state index in [2.05, 4.69) is 15.5 Å². The number of amides is 1. The average Bonchev–Trinajstić information content (AvgIpc) is 2.53. The van der Waals surface area contributed by atoms with E-state index in [1.807, 2.05) is 0 Å². The number of hydrogen-bond acceptors (Lipinski definition) is 3. The summed E-state index contributed by atoms with van der Waals surface area (Å²) in [5.74, 6) is 0.226. The van der Waals surface area contributed by atoms with E-state index in [0.717, 1.165) is 12.8 Å². The summed E-state index contributed by atoms with van der Waals surface area (Å²) in [6, 6.07) is 0.296. The highest BCUT2D eigenvalue weighted by molar-refractivity contribution is 5.98. The summed E-state index contributed by atoms with van der Waals surface area (Å²) in [5, 5.41) is 9.33. The minimum Gasteiger partial charge on any atom is -0.383 e. The Kier molecular flexibility index (Phi) is 3.44. The van der Waals surface area contributed by atoms with Crippen LogP contribution in [0.5, 0.6) is 0 Å². The van der Waals surface area contributed by atoms with Crippen molar-refractivity contribution in [3.8, 4) is 0 Å². The van der Waals surface area contributed by atoms with Crippen molar-refractivity contribution in [3.05, 3.63) is 11.8 Å². The van der Waals surface area contributed by atoms with Crippen LogP contribution < -0.4 is 11.1 Å². The molecule has 1 aromatic rings. The molecule has 1 saturated carbocycles. The van der Waals surface area contributed by atoms with E-state index >= 15 is 0 Å². The predicted octanol–water partition coefficient (Wildman–Crippen LogP) is 1.44. The largest absolute Gasteiger partial charge is 0.383 e. The van der Waals surface area contributed by atoms with Crippen molar-refractivity contribution in [2.24, 2.45) is 0 Å². The van der Waals surface area contributed by atoms with Gasteiger partial charge in [0.05, 0.1) is 6.20 Å². The summed E-state index contributed by atoms with van der Waals surface area (Å²) >= 11 is 0. The fraction of sp³-hybridized carbons (Fsp3) is 0.636. The Morgan fingerprint density at radius 2 is 2.06 bits per heavy atom. The molecule has 2 rings (SSSR count). The van der Waals surface area contributed by atoms with Gasteiger partial charge >= 0.3 is 0 Å². The summed E-state index contributed by atoms with van der Waals surface area (Å²) in [6.07, 6.45) is 8.58. The van der Waals surface area contributed by atoms with Crippen molar-refractivity contribution in [2.75, 3.05) is 5.73 Å². The molecule has 0 unspecified atom stereocenters. The van der Waals surface area contributed by atoms with Crippen LogP contribution in [0.3, 0.4) is 0 Å². The van der Waals surface area contributed by atoms with E-state index in [1.165, 1.54) is 31.9 Å². The van der Waals surface area contributed by atoms with E-state index in [9.17, 15) is 4.79 Å². The molecule has 0 atom stereocenters. The van der Waals surface area contributed by atoms with E-state index in [1.54, 1.807) is 0 Å². The van der Waals surface area contributed by atoms with Crippen LogP contribution in [-0.4, -0.2) is 22.1 Å². The fourth-order valence-corrected chi connectivity index (χ4v) is 2.16. The van der Waals surface area contributed by atoms with Crippen LogP contribution in [0.1, 0.15) is 48.9 Å². The topological polar surface area (TPSA) is 83.8 Å². The molecular weight excluding hydrogens is 204 g/mol. The smallest absolute Gasteiger partial charge is 0.256 e. The molecular formula is C11H18N4O. The van der Waals surface area contributed by atoms with Gasteiger partial charge in [-0.1, -0.05) is 25.7 Å². The number of nitrogens with two attached hydrogens (primary N) is 1. The van der Waals surface area contributed by atoms with Gasteiger partial charge in [-0.15, -0.1) is 0 Å². The third-order valence-electron chi connectivity index (χ3n) is 3.10. The monoisotopic (exact) mass is 222 g/mol. The van der Waals surface area contributed by atoms with Gasteiger partial charge < -0.3 is 11.1 Å². The van der Waals surface area contributed by atoms with Crippen LogP contribution in [-0.2, 0) is 0 Å². The fourth-order valence-electron chi connectivity index (χ4n) is 2.16. The number of nitrogen functional groups attached to an aromatic ring is 1. The van der Waals surface area contributed by atoms with Crippen molar-refractivity contribution in [2.45, 2.75) is 44.6 Å². The molecule has 1 fully saturated rings. The molecule has 1 aromatic heterocycles. The first-order chi connectivity index (χ1) is 7.77. The van der Waals surface area contributed by atoms with Gasteiger partial charge in [0.15, 0.2) is 0 Å². The lowest BCUT2D eigenvalue weighted by Crippen LogP contribution is -2.34. The summed E-state index contributed by atoms with van der Waals surface area (Å²) in [4.78, 5) is 11.9.